The van der Waals surface area contributed by atoms with Crippen molar-refractivity contribution in [1.29, 1.82) is 0 Å². The molecular weight excluding hydrogens is 294 g/mol. The maximum atomic E-state index is 12.4. The zero-order valence-corrected chi connectivity index (χ0v) is 14.0. The first-order valence-electron chi connectivity index (χ1n) is 9.13. The molecule has 1 N–H and O–H groups in total. The molecule has 6 heteroatoms. The molecule has 3 saturated heterocycles. The molecule has 1 atom stereocenters. The van der Waals surface area contributed by atoms with E-state index in [-0.39, 0.29) is 17.9 Å². The predicted octanol–water partition coefficient (Wildman–Crippen LogP) is 0.616. The minimum absolute atomic E-state index is 0.115. The summed E-state index contributed by atoms with van der Waals surface area (Å²) in [7, 11) is 0. The number of carbonyl (C=O) groups excluding carboxylic acids is 2. The van der Waals surface area contributed by atoms with Crippen LogP contribution in [-0.4, -0.2) is 73.6 Å². The van der Waals surface area contributed by atoms with Crippen LogP contribution in [0, 0.1) is 5.92 Å². The molecule has 0 radical (unpaired) electrons. The fourth-order valence-corrected chi connectivity index (χ4v) is 3.81. The van der Waals surface area contributed by atoms with Gasteiger partial charge in [-0.15, -0.1) is 0 Å². The quantitative estimate of drug-likeness (QED) is 0.824. The molecule has 3 fully saturated rings. The number of amides is 2. The van der Waals surface area contributed by atoms with Gasteiger partial charge in [0.1, 0.15) is 6.10 Å². The number of hydrogen-bond acceptors (Lipinski definition) is 4. The molecule has 0 bridgehead atoms. The number of nitrogens with one attached hydrogen (secondary N) is 1. The number of carbonyl (C=O) groups is 2. The third-order valence-corrected chi connectivity index (χ3v) is 5.37. The monoisotopic (exact) mass is 323 g/mol. The summed E-state index contributed by atoms with van der Waals surface area (Å²) in [6.07, 6.45) is 5.63. The van der Waals surface area contributed by atoms with Crippen molar-refractivity contribution >= 4 is 11.8 Å². The Bertz CT molecular complexity index is 409. The van der Waals surface area contributed by atoms with Gasteiger partial charge in [0.25, 0.3) is 5.91 Å². The fraction of sp³-hybridized carbons (Fsp3) is 0.882. The molecule has 3 rings (SSSR count). The van der Waals surface area contributed by atoms with Crippen LogP contribution in [0.25, 0.3) is 0 Å². The average Bonchev–Trinajstić information content (AvgIpc) is 3.15. The number of hydrogen-bond donors (Lipinski definition) is 1. The van der Waals surface area contributed by atoms with Crippen molar-refractivity contribution in [2.75, 3.05) is 45.9 Å². The summed E-state index contributed by atoms with van der Waals surface area (Å²) in [4.78, 5) is 28.5. The van der Waals surface area contributed by atoms with E-state index in [2.05, 4.69) is 5.32 Å². The van der Waals surface area contributed by atoms with E-state index in [4.69, 9.17) is 4.74 Å². The van der Waals surface area contributed by atoms with Crippen LogP contribution >= 0.6 is 0 Å². The SMILES string of the molecule is O=C(CCC1CCNCC1)N1CCN(C(=O)C2CCCO2)CC1. The van der Waals surface area contributed by atoms with E-state index in [1.54, 1.807) is 0 Å². The van der Waals surface area contributed by atoms with Gasteiger partial charge >= 0.3 is 0 Å². The lowest BCUT2D eigenvalue weighted by Crippen LogP contribution is -2.52. The molecule has 1 unspecified atom stereocenters. The minimum Gasteiger partial charge on any atom is -0.368 e. The standard InChI is InChI=1S/C17H29N3O3/c21-16(4-3-14-5-7-18-8-6-14)19-9-11-20(12-10-19)17(22)15-2-1-13-23-15/h14-15,18H,1-13H2. The van der Waals surface area contributed by atoms with Crippen LogP contribution in [0.1, 0.15) is 38.5 Å². The molecule has 0 aromatic heterocycles. The molecule has 3 aliphatic heterocycles. The Hall–Kier alpha value is -1.14. The Labute approximate surface area is 138 Å². The lowest BCUT2D eigenvalue weighted by Gasteiger charge is -2.36. The van der Waals surface area contributed by atoms with Gasteiger partial charge in [-0.3, -0.25) is 9.59 Å². The van der Waals surface area contributed by atoms with E-state index in [1.165, 1.54) is 12.8 Å². The van der Waals surface area contributed by atoms with Crippen molar-refractivity contribution in [3.63, 3.8) is 0 Å². The fourth-order valence-electron chi connectivity index (χ4n) is 3.81. The van der Waals surface area contributed by atoms with Crippen LogP contribution in [0.3, 0.4) is 0 Å². The minimum atomic E-state index is -0.239. The van der Waals surface area contributed by atoms with E-state index in [0.29, 0.717) is 45.1 Å². The van der Waals surface area contributed by atoms with Crippen LogP contribution in [0.4, 0.5) is 0 Å². The Kier molecular flexibility index (Phi) is 5.89. The highest BCUT2D eigenvalue weighted by molar-refractivity contribution is 5.82. The van der Waals surface area contributed by atoms with Gasteiger partial charge < -0.3 is 19.9 Å². The average molecular weight is 323 g/mol. The number of rotatable bonds is 4. The summed E-state index contributed by atoms with van der Waals surface area (Å²) < 4.78 is 5.47. The van der Waals surface area contributed by atoms with Gasteiger partial charge in [0.2, 0.25) is 5.91 Å². The molecule has 3 heterocycles. The maximum Gasteiger partial charge on any atom is 0.251 e. The molecule has 0 saturated carbocycles. The summed E-state index contributed by atoms with van der Waals surface area (Å²) >= 11 is 0. The van der Waals surface area contributed by atoms with E-state index in [9.17, 15) is 9.59 Å². The highest BCUT2D eigenvalue weighted by Gasteiger charge is 2.31. The first-order valence-corrected chi connectivity index (χ1v) is 9.13. The maximum absolute atomic E-state index is 12.4. The predicted molar refractivity (Wildman–Crippen MR) is 87.0 cm³/mol. The third-order valence-electron chi connectivity index (χ3n) is 5.37. The summed E-state index contributed by atoms with van der Waals surface area (Å²) in [6.45, 7) is 5.51. The van der Waals surface area contributed by atoms with Crippen molar-refractivity contribution in [2.45, 2.75) is 44.6 Å². The molecule has 23 heavy (non-hydrogen) atoms. The van der Waals surface area contributed by atoms with E-state index >= 15 is 0 Å². The third kappa shape index (κ3) is 4.44. The largest absolute Gasteiger partial charge is 0.368 e. The van der Waals surface area contributed by atoms with Crippen molar-refractivity contribution in [1.82, 2.24) is 15.1 Å². The van der Waals surface area contributed by atoms with Crippen molar-refractivity contribution < 1.29 is 14.3 Å². The van der Waals surface area contributed by atoms with Gasteiger partial charge in [0.05, 0.1) is 0 Å². The zero-order valence-electron chi connectivity index (χ0n) is 14.0. The van der Waals surface area contributed by atoms with Gasteiger partial charge in [0, 0.05) is 39.2 Å². The second kappa shape index (κ2) is 8.11. The first-order chi connectivity index (χ1) is 11.2. The van der Waals surface area contributed by atoms with E-state index in [0.717, 1.165) is 32.4 Å². The number of ether oxygens (including phenoxy) is 1. The summed E-state index contributed by atoms with van der Waals surface area (Å²) in [5.74, 6) is 1.07. The van der Waals surface area contributed by atoms with Crippen molar-refractivity contribution in [3.8, 4) is 0 Å². The van der Waals surface area contributed by atoms with Crippen LogP contribution in [0.2, 0.25) is 0 Å². The molecular formula is C17H29N3O3. The molecule has 2 amide bonds. The number of nitrogens with zero attached hydrogens (tertiary/aromatic N) is 2. The molecule has 130 valence electrons. The lowest BCUT2D eigenvalue weighted by atomic mass is 9.93. The number of piperazine rings is 1. The molecule has 0 aromatic rings. The van der Waals surface area contributed by atoms with Crippen molar-refractivity contribution in [3.05, 3.63) is 0 Å². The molecule has 0 aromatic carbocycles. The molecule has 3 aliphatic rings. The highest BCUT2D eigenvalue weighted by Crippen LogP contribution is 2.19. The molecule has 0 spiro atoms. The second-order valence-corrected chi connectivity index (χ2v) is 6.94. The number of piperidine rings is 1. The van der Waals surface area contributed by atoms with Crippen LogP contribution in [-0.2, 0) is 14.3 Å². The Morgan fingerprint density at radius 2 is 1.70 bits per heavy atom. The van der Waals surface area contributed by atoms with E-state index in [1.807, 2.05) is 9.80 Å². The van der Waals surface area contributed by atoms with Crippen LogP contribution in [0.15, 0.2) is 0 Å². The second-order valence-electron chi connectivity index (χ2n) is 6.94. The van der Waals surface area contributed by atoms with Gasteiger partial charge in [0.15, 0.2) is 0 Å². The first kappa shape index (κ1) is 16.7. The van der Waals surface area contributed by atoms with E-state index < -0.39 is 0 Å². The van der Waals surface area contributed by atoms with Gasteiger partial charge in [-0.05, 0) is 51.1 Å². The molecule has 6 nitrogen and oxygen atoms in total. The lowest BCUT2D eigenvalue weighted by molar-refractivity contribution is -0.146. The normalized spacial score (nSPS) is 26.5. The zero-order chi connectivity index (χ0) is 16.1. The Balaban J connectivity index is 1.37. The summed E-state index contributed by atoms with van der Waals surface area (Å²) in [6, 6.07) is 0. The summed E-state index contributed by atoms with van der Waals surface area (Å²) in [5, 5.41) is 3.36. The summed E-state index contributed by atoms with van der Waals surface area (Å²) in [5.41, 5.74) is 0. The van der Waals surface area contributed by atoms with Crippen molar-refractivity contribution in [2.24, 2.45) is 5.92 Å². The van der Waals surface area contributed by atoms with Crippen LogP contribution < -0.4 is 5.32 Å². The van der Waals surface area contributed by atoms with Gasteiger partial charge in [-0.25, -0.2) is 0 Å². The van der Waals surface area contributed by atoms with Crippen LogP contribution in [0.5, 0.6) is 0 Å². The highest BCUT2D eigenvalue weighted by atomic mass is 16.5. The van der Waals surface area contributed by atoms with Gasteiger partial charge in [-0.1, -0.05) is 0 Å². The Morgan fingerprint density at radius 1 is 1.00 bits per heavy atom. The van der Waals surface area contributed by atoms with Gasteiger partial charge in [-0.2, -0.15) is 0 Å². The molecule has 0 aliphatic carbocycles. The smallest absolute Gasteiger partial charge is 0.251 e. The topological polar surface area (TPSA) is 61.9 Å². The Morgan fingerprint density at radius 3 is 2.35 bits per heavy atom.